The average molecular weight is 264 g/mol. The zero-order valence-electron chi connectivity index (χ0n) is 10.6. The molecule has 2 rings (SSSR count). The second kappa shape index (κ2) is 6.07. The highest BCUT2D eigenvalue weighted by molar-refractivity contribution is 7.09. The van der Waals surface area contributed by atoms with Gasteiger partial charge in [-0.1, -0.05) is 25.1 Å². The highest BCUT2D eigenvalue weighted by atomic mass is 32.1. The monoisotopic (exact) mass is 264 g/mol. The van der Waals surface area contributed by atoms with Gasteiger partial charge in [-0.25, -0.2) is 9.37 Å². The first-order valence-electron chi connectivity index (χ1n) is 6.11. The molecule has 0 aliphatic carbocycles. The topological polar surface area (TPSA) is 24.9 Å². The van der Waals surface area contributed by atoms with E-state index in [1.807, 2.05) is 17.5 Å². The van der Waals surface area contributed by atoms with Gasteiger partial charge in [-0.3, -0.25) is 0 Å². The number of aromatic nitrogens is 1. The lowest BCUT2D eigenvalue weighted by Gasteiger charge is -2.08. The summed E-state index contributed by atoms with van der Waals surface area (Å²) in [7, 11) is 0. The second-order valence-corrected chi connectivity index (χ2v) is 5.16. The van der Waals surface area contributed by atoms with Crippen LogP contribution in [-0.2, 0) is 6.42 Å². The summed E-state index contributed by atoms with van der Waals surface area (Å²) < 4.78 is 13.5. The van der Waals surface area contributed by atoms with E-state index in [9.17, 15) is 4.39 Å². The maximum atomic E-state index is 13.5. The van der Waals surface area contributed by atoms with Gasteiger partial charge in [-0.2, -0.15) is 0 Å². The summed E-state index contributed by atoms with van der Waals surface area (Å²) in [6.45, 7) is 5.08. The molecular formula is C14H17FN2S. The van der Waals surface area contributed by atoms with Crippen molar-refractivity contribution in [3.05, 3.63) is 51.7 Å². The van der Waals surface area contributed by atoms with Gasteiger partial charge in [0.1, 0.15) is 5.82 Å². The number of benzene rings is 1. The van der Waals surface area contributed by atoms with Gasteiger partial charge in [0.15, 0.2) is 0 Å². The van der Waals surface area contributed by atoms with E-state index in [-0.39, 0.29) is 11.9 Å². The molecule has 0 fully saturated rings. The Bertz CT molecular complexity index is 510. The van der Waals surface area contributed by atoms with Crippen LogP contribution in [0.2, 0.25) is 0 Å². The van der Waals surface area contributed by atoms with Crippen LogP contribution in [0.3, 0.4) is 0 Å². The van der Waals surface area contributed by atoms with Gasteiger partial charge in [-0.05, 0) is 25.1 Å². The molecule has 1 atom stereocenters. The molecular weight excluding hydrogens is 247 g/mol. The van der Waals surface area contributed by atoms with Crippen molar-refractivity contribution >= 4 is 11.3 Å². The summed E-state index contributed by atoms with van der Waals surface area (Å²) >= 11 is 1.59. The molecule has 18 heavy (non-hydrogen) atoms. The maximum Gasteiger partial charge on any atom is 0.126 e. The van der Waals surface area contributed by atoms with E-state index in [0.717, 1.165) is 17.2 Å². The minimum atomic E-state index is -0.158. The lowest BCUT2D eigenvalue weighted by molar-refractivity contribution is 0.584. The van der Waals surface area contributed by atoms with E-state index < -0.39 is 0 Å². The Morgan fingerprint density at radius 2 is 2.17 bits per heavy atom. The predicted molar refractivity (Wildman–Crippen MR) is 73.4 cm³/mol. The number of nitrogens with zero attached hydrogens (tertiary/aromatic N) is 1. The van der Waals surface area contributed by atoms with E-state index in [0.29, 0.717) is 12.0 Å². The first-order chi connectivity index (χ1) is 8.70. The molecule has 1 heterocycles. The quantitative estimate of drug-likeness (QED) is 0.893. The molecule has 2 nitrogen and oxygen atoms in total. The summed E-state index contributed by atoms with van der Waals surface area (Å²) in [5.41, 5.74) is 1.74. The van der Waals surface area contributed by atoms with Crippen molar-refractivity contribution in [1.29, 1.82) is 0 Å². The zero-order chi connectivity index (χ0) is 13.0. The molecule has 0 aliphatic rings. The molecule has 0 bridgehead atoms. The highest BCUT2D eigenvalue weighted by Gasteiger charge is 2.10. The Labute approximate surface area is 111 Å². The van der Waals surface area contributed by atoms with Crippen molar-refractivity contribution in [2.24, 2.45) is 0 Å². The van der Waals surface area contributed by atoms with Crippen LogP contribution in [0, 0.1) is 5.82 Å². The van der Waals surface area contributed by atoms with Gasteiger partial charge in [-0.15, -0.1) is 11.3 Å². The van der Waals surface area contributed by atoms with E-state index in [1.54, 1.807) is 17.4 Å². The van der Waals surface area contributed by atoms with Crippen LogP contribution >= 0.6 is 11.3 Å². The fourth-order valence-electron chi connectivity index (χ4n) is 1.82. The van der Waals surface area contributed by atoms with Gasteiger partial charge in [0.25, 0.3) is 0 Å². The summed E-state index contributed by atoms with van der Waals surface area (Å²) in [6.07, 6.45) is 0.566. The molecule has 0 spiro atoms. The molecule has 2 aromatic rings. The summed E-state index contributed by atoms with van der Waals surface area (Å²) in [6, 6.07) is 7.11. The smallest absolute Gasteiger partial charge is 0.126 e. The van der Waals surface area contributed by atoms with Crippen molar-refractivity contribution in [3.8, 4) is 0 Å². The molecule has 1 aromatic carbocycles. The number of nitrogens with one attached hydrogen (secondary N) is 1. The minimum absolute atomic E-state index is 0.158. The molecule has 1 unspecified atom stereocenters. The van der Waals surface area contributed by atoms with Crippen LogP contribution in [0.15, 0.2) is 29.6 Å². The van der Waals surface area contributed by atoms with Gasteiger partial charge in [0, 0.05) is 17.8 Å². The fourth-order valence-corrected chi connectivity index (χ4v) is 2.73. The van der Waals surface area contributed by atoms with Gasteiger partial charge in [0.05, 0.1) is 10.7 Å². The average Bonchev–Trinajstić information content (AvgIpc) is 2.81. The largest absolute Gasteiger partial charge is 0.309 e. The predicted octanol–water partition coefficient (Wildman–Crippen LogP) is 3.54. The Hall–Kier alpha value is -1.26. The third-order valence-corrected chi connectivity index (χ3v) is 3.69. The fraction of sp³-hybridized carbons (Fsp3) is 0.357. The van der Waals surface area contributed by atoms with Crippen molar-refractivity contribution in [2.75, 3.05) is 6.54 Å². The zero-order valence-corrected chi connectivity index (χ0v) is 11.4. The molecule has 0 saturated carbocycles. The van der Waals surface area contributed by atoms with E-state index in [2.05, 4.69) is 24.1 Å². The van der Waals surface area contributed by atoms with Crippen LogP contribution in [0.25, 0.3) is 0 Å². The number of halogens is 1. The molecule has 1 N–H and O–H groups in total. The molecule has 0 amide bonds. The molecule has 0 radical (unpaired) electrons. The number of hydrogen-bond donors (Lipinski definition) is 1. The number of hydrogen-bond acceptors (Lipinski definition) is 3. The van der Waals surface area contributed by atoms with E-state index in [1.165, 1.54) is 6.07 Å². The SMILES string of the molecule is CCNC(C)c1csc(Cc2ccccc2F)n1. The summed E-state index contributed by atoms with van der Waals surface area (Å²) in [5, 5.41) is 6.32. The Balaban J connectivity index is 2.09. The first kappa shape index (κ1) is 13.2. The summed E-state index contributed by atoms with van der Waals surface area (Å²) in [5.74, 6) is -0.158. The first-order valence-corrected chi connectivity index (χ1v) is 6.99. The van der Waals surface area contributed by atoms with Crippen molar-refractivity contribution in [1.82, 2.24) is 10.3 Å². The lowest BCUT2D eigenvalue weighted by atomic mass is 10.1. The highest BCUT2D eigenvalue weighted by Crippen LogP contribution is 2.20. The van der Waals surface area contributed by atoms with Crippen molar-refractivity contribution in [3.63, 3.8) is 0 Å². The van der Waals surface area contributed by atoms with Crippen molar-refractivity contribution < 1.29 is 4.39 Å². The summed E-state index contributed by atoms with van der Waals surface area (Å²) in [4.78, 5) is 4.55. The lowest BCUT2D eigenvalue weighted by Crippen LogP contribution is -2.17. The normalized spacial score (nSPS) is 12.6. The Morgan fingerprint density at radius 1 is 1.39 bits per heavy atom. The molecule has 96 valence electrons. The van der Waals surface area contributed by atoms with Gasteiger partial charge in [0.2, 0.25) is 0 Å². The van der Waals surface area contributed by atoms with E-state index in [4.69, 9.17) is 0 Å². The van der Waals surface area contributed by atoms with E-state index >= 15 is 0 Å². The van der Waals surface area contributed by atoms with Gasteiger partial charge < -0.3 is 5.32 Å². The van der Waals surface area contributed by atoms with Crippen LogP contribution in [0.4, 0.5) is 4.39 Å². The van der Waals surface area contributed by atoms with Crippen LogP contribution in [-0.4, -0.2) is 11.5 Å². The van der Waals surface area contributed by atoms with Gasteiger partial charge >= 0.3 is 0 Å². The second-order valence-electron chi connectivity index (χ2n) is 4.21. The number of rotatable bonds is 5. The standard InChI is InChI=1S/C14H17FN2S/c1-3-16-10(2)13-9-18-14(17-13)8-11-6-4-5-7-12(11)15/h4-7,9-10,16H,3,8H2,1-2H3. The van der Waals surface area contributed by atoms with Crippen molar-refractivity contribution in [2.45, 2.75) is 26.3 Å². The Kier molecular flexibility index (Phi) is 4.44. The molecule has 4 heteroatoms. The Morgan fingerprint density at radius 3 is 2.89 bits per heavy atom. The molecule has 0 saturated heterocycles. The maximum absolute atomic E-state index is 13.5. The molecule has 1 aromatic heterocycles. The minimum Gasteiger partial charge on any atom is -0.309 e. The third-order valence-electron chi connectivity index (χ3n) is 2.82. The molecule has 0 aliphatic heterocycles. The van der Waals surface area contributed by atoms with Crippen LogP contribution in [0.5, 0.6) is 0 Å². The van der Waals surface area contributed by atoms with Crippen LogP contribution in [0.1, 0.15) is 36.2 Å². The number of thiazole rings is 1. The third kappa shape index (κ3) is 3.15. The van der Waals surface area contributed by atoms with Crippen LogP contribution < -0.4 is 5.32 Å².